The average molecular weight is 399 g/mol. The fraction of sp³-hybridized carbons (Fsp3) is 0.105. The Morgan fingerprint density at radius 3 is 2.68 bits per heavy atom. The fourth-order valence-corrected chi connectivity index (χ4v) is 3.49. The molecule has 0 amide bonds. The molecule has 142 valence electrons. The number of hydrogen-bond acceptors (Lipinski definition) is 6. The molecule has 0 atom stereocenters. The van der Waals surface area contributed by atoms with Gasteiger partial charge in [0.15, 0.2) is 11.5 Å². The Morgan fingerprint density at radius 1 is 1.14 bits per heavy atom. The zero-order chi connectivity index (χ0) is 19.7. The second kappa shape index (κ2) is 7.35. The van der Waals surface area contributed by atoms with Gasteiger partial charge in [-0.2, -0.15) is 4.68 Å². The van der Waals surface area contributed by atoms with Crippen LogP contribution in [0.2, 0.25) is 0 Å². The van der Waals surface area contributed by atoms with Gasteiger partial charge in [-0.15, -0.1) is 16.4 Å². The molecule has 9 heteroatoms. The van der Waals surface area contributed by atoms with E-state index in [0.717, 1.165) is 39.9 Å². The predicted octanol–water partition coefficient (Wildman–Crippen LogP) is 4.32. The number of aromatic nitrogens is 4. The first-order valence-corrected chi connectivity index (χ1v) is 9.30. The molecule has 4 rings (SSSR count). The molecular formula is C19H15F2N5OS. The van der Waals surface area contributed by atoms with Crippen LogP contribution in [-0.2, 0) is 0 Å². The van der Waals surface area contributed by atoms with Crippen LogP contribution in [0.5, 0.6) is 5.75 Å². The number of hydrogen-bond donors (Lipinski definition) is 1. The largest absolute Gasteiger partial charge is 0.494 e. The summed E-state index contributed by atoms with van der Waals surface area (Å²) < 4.78 is 34.0. The summed E-state index contributed by atoms with van der Waals surface area (Å²) in [6, 6.07) is 10.6. The number of benzene rings is 2. The molecule has 2 N–H and O–H groups in total. The Morgan fingerprint density at radius 2 is 1.93 bits per heavy atom. The lowest BCUT2D eigenvalue weighted by molar-refractivity contribution is 0.340. The molecule has 0 fully saturated rings. The van der Waals surface area contributed by atoms with E-state index in [1.807, 2.05) is 36.6 Å². The minimum Gasteiger partial charge on any atom is -0.494 e. The van der Waals surface area contributed by atoms with E-state index in [4.69, 9.17) is 10.5 Å². The maximum atomic E-state index is 14.0. The van der Waals surface area contributed by atoms with Gasteiger partial charge >= 0.3 is 0 Å². The van der Waals surface area contributed by atoms with Crippen LogP contribution in [-0.4, -0.2) is 26.6 Å². The monoisotopic (exact) mass is 399 g/mol. The zero-order valence-corrected chi connectivity index (χ0v) is 15.6. The van der Waals surface area contributed by atoms with Gasteiger partial charge in [0.25, 0.3) is 0 Å². The third kappa shape index (κ3) is 3.31. The maximum absolute atomic E-state index is 14.0. The highest BCUT2D eigenvalue weighted by Crippen LogP contribution is 2.32. The van der Waals surface area contributed by atoms with Gasteiger partial charge in [0.05, 0.1) is 12.3 Å². The summed E-state index contributed by atoms with van der Waals surface area (Å²) in [5, 5.41) is 10.3. The van der Waals surface area contributed by atoms with Crippen molar-refractivity contribution in [1.29, 1.82) is 0 Å². The molecule has 0 aliphatic heterocycles. The van der Waals surface area contributed by atoms with E-state index in [2.05, 4.69) is 15.3 Å². The molecule has 0 aliphatic rings. The van der Waals surface area contributed by atoms with E-state index in [1.54, 1.807) is 0 Å². The first-order chi connectivity index (χ1) is 13.6. The van der Waals surface area contributed by atoms with Crippen LogP contribution >= 0.6 is 11.3 Å². The normalized spacial score (nSPS) is 11.0. The van der Waals surface area contributed by atoms with Crippen molar-refractivity contribution < 1.29 is 13.5 Å². The molecule has 0 unspecified atom stereocenters. The van der Waals surface area contributed by atoms with Crippen molar-refractivity contribution in [2.45, 2.75) is 6.92 Å². The number of nitrogens with zero attached hydrogens (tertiary/aromatic N) is 4. The molecule has 2 heterocycles. The highest BCUT2D eigenvalue weighted by atomic mass is 32.1. The Balaban J connectivity index is 1.66. The van der Waals surface area contributed by atoms with E-state index in [0.29, 0.717) is 17.3 Å². The van der Waals surface area contributed by atoms with Crippen LogP contribution in [0.1, 0.15) is 6.92 Å². The van der Waals surface area contributed by atoms with Crippen LogP contribution in [0.4, 0.5) is 14.6 Å². The Labute approximate surface area is 163 Å². The summed E-state index contributed by atoms with van der Waals surface area (Å²) in [6.45, 7) is 2.52. The van der Waals surface area contributed by atoms with Crippen LogP contribution < -0.4 is 10.5 Å². The van der Waals surface area contributed by atoms with Crippen molar-refractivity contribution in [2.24, 2.45) is 0 Å². The molecule has 0 bridgehead atoms. The first-order valence-electron chi connectivity index (χ1n) is 8.42. The van der Waals surface area contributed by atoms with E-state index >= 15 is 0 Å². The summed E-state index contributed by atoms with van der Waals surface area (Å²) in [5.41, 5.74) is 7.94. The number of halogens is 2. The van der Waals surface area contributed by atoms with Crippen molar-refractivity contribution in [3.63, 3.8) is 0 Å². The highest BCUT2D eigenvalue weighted by Gasteiger charge is 2.19. The van der Waals surface area contributed by atoms with Crippen LogP contribution in [0.15, 0.2) is 47.8 Å². The average Bonchev–Trinajstić information content (AvgIpc) is 3.31. The van der Waals surface area contributed by atoms with E-state index in [-0.39, 0.29) is 11.5 Å². The van der Waals surface area contributed by atoms with Crippen LogP contribution in [0, 0.1) is 11.6 Å². The summed E-state index contributed by atoms with van der Waals surface area (Å²) in [4.78, 5) is 4.55. The minimum absolute atomic E-state index is 0.0806. The van der Waals surface area contributed by atoms with Crippen LogP contribution in [0.3, 0.4) is 0 Å². The standard InChI is InChI=1S/C19H15F2N5OS/c1-2-27-13-6-3-11(4-7-13)15-10-28-19(23-15)17-18(22)26(25-24-17)16-9-12(20)5-8-14(16)21/h3-10H,2,22H2,1H3. The van der Waals surface area contributed by atoms with Crippen molar-refractivity contribution in [3.05, 3.63) is 59.5 Å². The Bertz CT molecular complexity index is 1120. The SMILES string of the molecule is CCOc1ccc(-c2csc(-c3nnn(-c4cc(F)ccc4F)c3N)n2)cc1. The number of thiazole rings is 1. The van der Waals surface area contributed by atoms with Gasteiger partial charge in [-0.05, 0) is 43.3 Å². The zero-order valence-electron chi connectivity index (χ0n) is 14.8. The van der Waals surface area contributed by atoms with Gasteiger partial charge in [0.1, 0.15) is 28.1 Å². The van der Waals surface area contributed by atoms with Gasteiger partial charge in [0.2, 0.25) is 0 Å². The molecule has 28 heavy (non-hydrogen) atoms. The number of nitrogens with two attached hydrogens (primary N) is 1. The number of anilines is 1. The topological polar surface area (TPSA) is 78.9 Å². The van der Waals surface area contributed by atoms with E-state index in [1.165, 1.54) is 11.3 Å². The lowest BCUT2D eigenvalue weighted by Gasteiger charge is -2.04. The maximum Gasteiger partial charge on any atom is 0.165 e. The number of rotatable bonds is 5. The predicted molar refractivity (Wildman–Crippen MR) is 103 cm³/mol. The molecule has 2 aromatic carbocycles. The number of ether oxygens (including phenoxy) is 1. The molecule has 0 saturated carbocycles. The number of nitrogen functional groups attached to an aromatic ring is 1. The molecule has 6 nitrogen and oxygen atoms in total. The first kappa shape index (κ1) is 18.1. The Kier molecular flexibility index (Phi) is 4.74. The quantitative estimate of drug-likeness (QED) is 0.541. The van der Waals surface area contributed by atoms with Crippen molar-refractivity contribution in [3.8, 4) is 33.4 Å². The van der Waals surface area contributed by atoms with E-state index < -0.39 is 11.6 Å². The third-order valence-electron chi connectivity index (χ3n) is 4.01. The smallest absolute Gasteiger partial charge is 0.165 e. The van der Waals surface area contributed by atoms with Gasteiger partial charge < -0.3 is 10.5 Å². The highest BCUT2D eigenvalue weighted by molar-refractivity contribution is 7.13. The fourth-order valence-electron chi connectivity index (χ4n) is 2.67. The van der Waals surface area contributed by atoms with Crippen molar-refractivity contribution in [1.82, 2.24) is 20.0 Å². The second-order valence-electron chi connectivity index (χ2n) is 5.83. The van der Waals surface area contributed by atoms with Gasteiger partial charge in [-0.1, -0.05) is 5.21 Å². The Hall–Kier alpha value is -3.33. The second-order valence-corrected chi connectivity index (χ2v) is 6.68. The van der Waals surface area contributed by atoms with Gasteiger partial charge in [-0.3, -0.25) is 0 Å². The lowest BCUT2D eigenvalue weighted by atomic mass is 10.2. The molecular weight excluding hydrogens is 384 g/mol. The molecule has 4 aromatic rings. The minimum atomic E-state index is -0.654. The lowest BCUT2D eigenvalue weighted by Crippen LogP contribution is -2.05. The van der Waals surface area contributed by atoms with Crippen molar-refractivity contribution >= 4 is 17.2 Å². The molecule has 0 radical (unpaired) electrons. The van der Waals surface area contributed by atoms with E-state index in [9.17, 15) is 8.78 Å². The van der Waals surface area contributed by atoms with Crippen molar-refractivity contribution in [2.75, 3.05) is 12.3 Å². The molecule has 0 spiro atoms. The van der Waals surface area contributed by atoms with Crippen LogP contribution in [0.25, 0.3) is 27.6 Å². The molecule has 0 aliphatic carbocycles. The molecule has 0 saturated heterocycles. The third-order valence-corrected chi connectivity index (χ3v) is 4.86. The summed E-state index contributed by atoms with van der Waals surface area (Å²) >= 11 is 1.34. The van der Waals surface area contributed by atoms with Gasteiger partial charge in [-0.25, -0.2) is 13.8 Å². The summed E-state index contributed by atoms with van der Waals surface area (Å²) in [6.07, 6.45) is 0. The molecule has 2 aromatic heterocycles. The summed E-state index contributed by atoms with van der Waals surface area (Å²) in [7, 11) is 0. The summed E-state index contributed by atoms with van der Waals surface area (Å²) in [5.74, 6) is -0.387. The van der Waals surface area contributed by atoms with Gasteiger partial charge in [0, 0.05) is 17.0 Å².